The zero-order valence-electron chi connectivity index (χ0n) is 9.06. The second kappa shape index (κ2) is 6.61. The molecule has 0 fully saturated rings. The second-order valence-corrected chi connectivity index (χ2v) is 3.10. The monoisotopic (exact) mass is 196 g/mol. The van der Waals surface area contributed by atoms with Gasteiger partial charge in [0, 0.05) is 0 Å². The van der Waals surface area contributed by atoms with Crippen molar-refractivity contribution in [2.24, 2.45) is 0 Å². The Morgan fingerprint density at radius 3 is 2.40 bits per heavy atom. The number of hydrogen-bond donors (Lipinski definition) is 0. The lowest BCUT2D eigenvalue weighted by Crippen LogP contribution is -1.77. The molecule has 15 heavy (non-hydrogen) atoms. The maximum atomic E-state index is 3.82. The molecule has 0 heterocycles. The van der Waals surface area contributed by atoms with E-state index in [4.69, 9.17) is 0 Å². The van der Waals surface area contributed by atoms with E-state index in [1.807, 2.05) is 55.5 Å². The molecule has 0 amide bonds. The quantitative estimate of drug-likeness (QED) is 0.626. The summed E-state index contributed by atoms with van der Waals surface area (Å²) in [5.74, 6) is 0. The van der Waals surface area contributed by atoms with E-state index in [1.165, 1.54) is 5.56 Å². The molecule has 0 nitrogen and oxygen atoms in total. The molecule has 0 aliphatic heterocycles. The van der Waals surface area contributed by atoms with Crippen molar-refractivity contribution < 1.29 is 0 Å². The van der Waals surface area contributed by atoms with Crippen molar-refractivity contribution in [3.05, 3.63) is 78.9 Å². The first-order valence-corrected chi connectivity index (χ1v) is 5.06. The van der Waals surface area contributed by atoms with Gasteiger partial charge in [-0.2, -0.15) is 0 Å². The third-order valence-corrected chi connectivity index (χ3v) is 2.02. The van der Waals surface area contributed by atoms with Crippen LogP contribution in [0, 0.1) is 0 Å². The average Bonchev–Trinajstić information content (AvgIpc) is 2.30. The summed E-state index contributed by atoms with van der Waals surface area (Å²) in [5.41, 5.74) is 2.33. The zero-order chi connectivity index (χ0) is 10.9. The predicted octanol–water partition coefficient (Wildman–Crippen LogP) is 4.39. The van der Waals surface area contributed by atoms with Crippen molar-refractivity contribution >= 4 is 5.57 Å². The summed E-state index contributed by atoms with van der Waals surface area (Å²) in [6.45, 7) is 5.82. The Kier molecular flexibility index (Phi) is 4.96. The molecule has 1 rings (SSSR count). The predicted molar refractivity (Wildman–Crippen MR) is 68.6 cm³/mol. The van der Waals surface area contributed by atoms with Crippen LogP contribution >= 0.6 is 0 Å². The van der Waals surface area contributed by atoms with Crippen molar-refractivity contribution in [2.75, 3.05) is 0 Å². The van der Waals surface area contributed by atoms with Gasteiger partial charge < -0.3 is 0 Å². The van der Waals surface area contributed by atoms with Crippen LogP contribution < -0.4 is 0 Å². The minimum Gasteiger partial charge on any atom is -0.0984 e. The average molecular weight is 196 g/mol. The lowest BCUT2D eigenvalue weighted by atomic mass is 10.1. The molecular weight excluding hydrogens is 180 g/mol. The highest BCUT2D eigenvalue weighted by Gasteiger charge is 1.92. The number of benzene rings is 1. The van der Waals surface area contributed by atoms with Crippen molar-refractivity contribution in [1.29, 1.82) is 0 Å². The maximum absolute atomic E-state index is 3.82. The topological polar surface area (TPSA) is 0 Å². The summed E-state index contributed by atoms with van der Waals surface area (Å²) < 4.78 is 0. The first-order chi connectivity index (χ1) is 7.38. The van der Waals surface area contributed by atoms with Gasteiger partial charge in [-0.1, -0.05) is 73.4 Å². The van der Waals surface area contributed by atoms with Crippen LogP contribution in [0.2, 0.25) is 0 Å². The fraction of sp³-hybridized carbons (Fsp3) is 0.0667. The molecule has 0 atom stereocenters. The molecule has 76 valence electrons. The molecule has 0 aromatic heterocycles. The van der Waals surface area contributed by atoms with Gasteiger partial charge in [0.1, 0.15) is 0 Å². The van der Waals surface area contributed by atoms with E-state index in [2.05, 4.69) is 24.8 Å². The second-order valence-electron chi connectivity index (χ2n) is 3.10. The van der Waals surface area contributed by atoms with Crippen molar-refractivity contribution in [3.8, 4) is 0 Å². The Morgan fingerprint density at radius 1 is 1.07 bits per heavy atom. The first-order valence-electron chi connectivity index (χ1n) is 5.06. The van der Waals surface area contributed by atoms with Crippen molar-refractivity contribution in [2.45, 2.75) is 6.92 Å². The minimum atomic E-state index is 1.14. The van der Waals surface area contributed by atoms with E-state index in [0.29, 0.717) is 0 Å². The molecule has 0 radical (unpaired) electrons. The Morgan fingerprint density at radius 2 is 1.80 bits per heavy atom. The van der Waals surface area contributed by atoms with E-state index < -0.39 is 0 Å². The van der Waals surface area contributed by atoms with Gasteiger partial charge in [0.2, 0.25) is 0 Å². The van der Waals surface area contributed by atoms with Crippen LogP contribution in [-0.4, -0.2) is 0 Å². The number of allylic oxidation sites excluding steroid dienone is 7. The molecule has 1 aromatic rings. The van der Waals surface area contributed by atoms with Gasteiger partial charge in [-0.15, -0.1) is 0 Å². The summed E-state index contributed by atoms with van der Waals surface area (Å²) in [6, 6.07) is 10.2. The Hall–Kier alpha value is -1.82. The van der Waals surface area contributed by atoms with Gasteiger partial charge >= 0.3 is 0 Å². The van der Waals surface area contributed by atoms with Gasteiger partial charge in [0.05, 0.1) is 0 Å². The molecule has 1 aromatic carbocycles. The first kappa shape index (κ1) is 11.3. The highest BCUT2D eigenvalue weighted by molar-refractivity contribution is 5.74. The third kappa shape index (κ3) is 3.82. The van der Waals surface area contributed by atoms with Crippen LogP contribution in [0.3, 0.4) is 0 Å². The molecule has 0 spiro atoms. The number of hydrogen-bond acceptors (Lipinski definition) is 0. The fourth-order valence-corrected chi connectivity index (χ4v) is 1.25. The Bertz CT molecular complexity index is 378. The van der Waals surface area contributed by atoms with Crippen molar-refractivity contribution in [1.82, 2.24) is 0 Å². The lowest BCUT2D eigenvalue weighted by molar-refractivity contribution is 1.62. The van der Waals surface area contributed by atoms with E-state index in [9.17, 15) is 0 Å². The highest BCUT2D eigenvalue weighted by atomic mass is 14.0. The normalized spacial score (nSPS) is 12.5. The van der Waals surface area contributed by atoms with Gasteiger partial charge in [-0.25, -0.2) is 0 Å². The SMILES string of the molecule is C=C/C(=C/C=C/C=C/C)c1ccccc1. The molecule has 0 aliphatic rings. The van der Waals surface area contributed by atoms with Crippen LogP contribution in [0.1, 0.15) is 12.5 Å². The molecule has 0 N–H and O–H groups in total. The van der Waals surface area contributed by atoms with E-state index in [-0.39, 0.29) is 0 Å². The zero-order valence-corrected chi connectivity index (χ0v) is 9.06. The van der Waals surface area contributed by atoms with Gasteiger partial charge in [0.25, 0.3) is 0 Å². The van der Waals surface area contributed by atoms with Crippen LogP contribution in [0.25, 0.3) is 5.57 Å². The molecule has 0 saturated carbocycles. The van der Waals surface area contributed by atoms with Gasteiger partial charge in [0.15, 0.2) is 0 Å². The minimum absolute atomic E-state index is 1.14. The van der Waals surface area contributed by atoms with Crippen LogP contribution in [-0.2, 0) is 0 Å². The summed E-state index contributed by atoms with van der Waals surface area (Å²) in [7, 11) is 0. The van der Waals surface area contributed by atoms with Gasteiger partial charge in [-0.3, -0.25) is 0 Å². The summed E-state index contributed by atoms with van der Waals surface area (Å²) in [5, 5.41) is 0. The lowest BCUT2D eigenvalue weighted by Gasteiger charge is -1.99. The van der Waals surface area contributed by atoms with Crippen LogP contribution in [0.15, 0.2) is 73.4 Å². The number of rotatable bonds is 4. The molecule has 0 heteroatoms. The van der Waals surface area contributed by atoms with E-state index in [1.54, 1.807) is 0 Å². The highest BCUT2D eigenvalue weighted by Crippen LogP contribution is 2.14. The molecule has 0 aliphatic carbocycles. The van der Waals surface area contributed by atoms with Crippen LogP contribution in [0.5, 0.6) is 0 Å². The van der Waals surface area contributed by atoms with E-state index in [0.717, 1.165) is 5.57 Å². The summed E-state index contributed by atoms with van der Waals surface area (Å²) in [4.78, 5) is 0. The maximum Gasteiger partial charge on any atom is -0.0184 e. The van der Waals surface area contributed by atoms with Gasteiger partial charge in [-0.05, 0) is 18.1 Å². The molecule has 0 bridgehead atoms. The van der Waals surface area contributed by atoms with Crippen molar-refractivity contribution in [3.63, 3.8) is 0 Å². The molecule has 0 saturated heterocycles. The largest absolute Gasteiger partial charge is 0.0984 e. The molecular formula is C15H16. The standard InChI is InChI=1S/C15H16/c1-3-5-6-8-11-14(4-2)15-12-9-7-10-13-15/h3-13H,2H2,1H3/b5-3+,8-6+,14-11-. The van der Waals surface area contributed by atoms with Crippen LogP contribution in [0.4, 0.5) is 0 Å². The smallest absolute Gasteiger partial charge is 0.0184 e. The Labute approximate surface area is 92.0 Å². The fourth-order valence-electron chi connectivity index (χ4n) is 1.25. The summed E-state index contributed by atoms with van der Waals surface area (Å²) in [6.07, 6.45) is 12.0. The Balaban J connectivity index is 2.85. The van der Waals surface area contributed by atoms with E-state index >= 15 is 0 Å². The molecule has 0 unspecified atom stereocenters. The summed E-state index contributed by atoms with van der Waals surface area (Å²) >= 11 is 0. The third-order valence-electron chi connectivity index (χ3n) is 2.02.